The number of anilines is 1. The van der Waals surface area contributed by atoms with Crippen LogP contribution in [-0.4, -0.2) is 44.3 Å². The molecule has 2 amide bonds. The molecule has 0 heterocycles. The summed E-state index contributed by atoms with van der Waals surface area (Å²) in [6.45, 7) is 5.53. The van der Waals surface area contributed by atoms with Crippen LogP contribution < -0.4 is 14.4 Å². The Labute approximate surface area is 264 Å². The van der Waals surface area contributed by atoms with Crippen LogP contribution in [0.4, 0.5) is 5.69 Å². The zero-order chi connectivity index (χ0) is 31.7. The second-order valence-corrected chi connectivity index (χ2v) is 13.0. The lowest BCUT2D eigenvalue weighted by molar-refractivity contribution is -0.139. The van der Waals surface area contributed by atoms with E-state index in [1.807, 2.05) is 44.2 Å². The van der Waals surface area contributed by atoms with Crippen molar-refractivity contribution in [2.75, 3.05) is 17.4 Å². The predicted molar refractivity (Wildman–Crippen MR) is 173 cm³/mol. The number of carbonyl (C=O) groups is 2. The van der Waals surface area contributed by atoms with E-state index in [9.17, 15) is 18.0 Å². The summed E-state index contributed by atoms with van der Waals surface area (Å²) in [6.07, 6.45) is 0. The average molecular weight is 634 g/mol. The highest BCUT2D eigenvalue weighted by Gasteiger charge is 2.32. The van der Waals surface area contributed by atoms with Gasteiger partial charge in [0.05, 0.1) is 10.6 Å². The minimum absolute atomic E-state index is 0.0292. The van der Waals surface area contributed by atoms with Crippen LogP contribution in [0.25, 0.3) is 0 Å². The number of nitrogens with zero attached hydrogens (tertiary/aromatic N) is 2. The van der Waals surface area contributed by atoms with Gasteiger partial charge in [-0.15, -0.1) is 0 Å². The van der Waals surface area contributed by atoms with Crippen molar-refractivity contribution in [3.8, 4) is 11.5 Å². The molecule has 8 nitrogen and oxygen atoms in total. The number of sulfonamides is 1. The second-order valence-electron chi connectivity index (χ2n) is 10.7. The van der Waals surface area contributed by atoms with Gasteiger partial charge in [-0.1, -0.05) is 74.0 Å². The number of benzene rings is 4. The van der Waals surface area contributed by atoms with Crippen LogP contribution in [0, 0.1) is 5.92 Å². The third kappa shape index (κ3) is 8.61. The van der Waals surface area contributed by atoms with Gasteiger partial charge in [0.1, 0.15) is 24.1 Å². The molecule has 10 heteroatoms. The summed E-state index contributed by atoms with van der Waals surface area (Å²) in [7, 11) is -4.18. The van der Waals surface area contributed by atoms with Gasteiger partial charge in [0.15, 0.2) is 0 Å². The van der Waals surface area contributed by atoms with Crippen LogP contribution in [0.3, 0.4) is 0 Å². The number of nitrogens with one attached hydrogen (secondary N) is 1. The molecule has 0 radical (unpaired) electrons. The van der Waals surface area contributed by atoms with E-state index < -0.39 is 28.5 Å². The van der Waals surface area contributed by atoms with E-state index in [-0.39, 0.29) is 29.0 Å². The van der Waals surface area contributed by atoms with Crippen LogP contribution >= 0.6 is 11.6 Å². The first-order valence-electron chi connectivity index (χ1n) is 14.3. The second kappa shape index (κ2) is 14.9. The molecular formula is C34H36ClN3O5S. The highest BCUT2D eigenvalue weighted by molar-refractivity contribution is 7.92. The van der Waals surface area contributed by atoms with Crippen molar-refractivity contribution in [3.05, 3.63) is 120 Å². The molecule has 0 bridgehead atoms. The Morgan fingerprint density at radius 3 is 2.05 bits per heavy atom. The number of ether oxygens (including phenoxy) is 1. The van der Waals surface area contributed by atoms with Gasteiger partial charge in [-0.3, -0.25) is 13.9 Å². The predicted octanol–water partition coefficient (Wildman–Crippen LogP) is 6.52. The summed E-state index contributed by atoms with van der Waals surface area (Å²) >= 11 is 6.21. The minimum Gasteiger partial charge on any atom is -0.457 e. The highest BCUT2D eigenvalue weighted by Crippen LogP contribution is 2.28. The van der Waals surface area contributed by atoms with E-state index in [4.69, 9.17) is 16.3 Å². The Balaban J connectivity index is 1.68. The number of hydrogen-bond acceptors (Lipinski definition) is 5. The van der Waals surface area contributed by atoms with Crippen molar-refractivity contribution in [2.45, 2.75) is 38.3 Å². The van der Waals surface area contributed by atoms with E-state index in [0.29, 0.717) is 28.6 Å². The summed E-state index contributed by atoms with van der Waals surface area (Å²) in [5, 5.41) is 3.36. The van der Waals surface area contributed by atoms with Gasteiger partial charge < -0.3 is 15.0 Å². The molecule has 0 aliphatic rings. The summed E-state index contributed by atoms with van der Waals surface area (Å²) in [5.74, 6) is 0.450. The Morgan fingerprint density at radius 2 is 1.43 bits per heavy atom. The standard InChI is InChI=1S/C34H36ClN3O5S/c1-25(2)22-36-34(40)26(3)37(23-27-11-10-12-28(35)21-27)33(39)24-38(44(41,42)32-15-8-5-9-16-32)29-17-19-31(20-18-29)43-30-13-6-4-7-14-30/h4-21,25-26H,22-24H2,1-3H3,(H,36,40). The molecule has 230 valence electrons. The fourth-order valence-electron chi connectivity index (χ4n) is 4.42. The van der Waals surface area contributed by atoms with Gasteiger partial charge >= 0.3 is 0 Å². The SMILES string of the molecule is CC(C)CNC(=O)C(C)N(Cc1cccc(Cl)c1)C(=O)CN(c1ccc(Oc2ccccc2)cc1)S(=O)(=O)c1ccccc1. The lowest BCUT2D eigenvalue weighted by atomic mass is 10.1. The van der Waals surface area contributed by atoms with E-state index in [1.165, 1.54) is 17.0 Å². The van der Waals surface area contributed by atoms with Crippen molar-refractivity contribution in [3.63, 3.8) is 0 Å². The van der Waals surface area contributed by atoms with Gasteiger partial charge in [-0.05, 0) is 79.1 Å². The van der Waals surface area contributed by atoms with Crippen LogP contribution in [0.1, 0.15) is 26.3 Å². The minimum atomic E-state index is -4.18. The first-order chi connectivity index (χ1) is 21.0. The Morgan fingerprint density at radius 1 is 0.818 bits per heavy atom. The van der Waals surface area contributed by atoms with Crippen LogP contribution in [-0.2, 0) is 26.2 Å². The smallest absolute Gasteiger partial charge is 0.264 e. The number of para-hydroxylation sites is 1. The molecule has 0 aliphatic carbocycles. The summed E-state index contributed by atoms with van der Waals surface area (Å²) in [6, 6.07) is 29.7. The van der Waals surface area contributed by atoms with Gasteiger partial charge in [-0.25, -0.2) is 8.42 Å². The van der Waals surface area contributed by atoms with Crippen LogP contribution in [0.5, 0.6) is 11.5 Å². The first kappa shape index (κ1) is 32.6. The van der Waals surface area contributed by atoms with Crippen molar-refractivity contribution in [1.82, 2.24) is 10.2 Å². The molecule has 4 aromatic carbocycles. The Kier molecular flexibility index (Phi) is 11.0. The van der Waals surface area contributed by atoms with Gasteiger partial charge in [0.2, 0.25) is 11.8 Å². The van der Waals surface area contributed by atoms with Crippen LogP contribution in [0.2, 0.25) is 5.02 Å². The van der Waals surface area contributed by atoms with Crippen molar-refractivity contribution >= 4 is 39.1 Å². The fraction of sp³-hybridized carbons (Fsp3) is 0.235. The Hall–Kier alpha value is -4.34. The maximum Gasteiger partial charge on any atom is 0.264 e. The topological polar surface area (TPSA) is 96.0 Å². The third-order valence-electron chi connectivity index (χ3n) is 6.81. The molecule has 44 heavy (non-hydrogen) atoms. The molecule has 0 fully saturated rings. The monoisotopic (exact) mass is 633 g/mol. The molecule has 0 aliphatic heterocycles. The van der Waals surface area contributed by atoms with Gasteiger partial charge in [-0.2, -0.15) is 0 Å². The molecule has 0 aromatic heterocycles. The number of rotatable bonds is 13. The number of carbonyl (C=O) groups excluding carboxylic acids is 2. The maximum absolute atomic E-state index is 14.1. The zero-order valence-corrected chi connectivity index (χ0v) is 26.5. The molecule has 1 unspecified atom stereocenters. The molecule has 1 atom stereocenters. The number of halogens is 1. The molecule has 0 saturated heterocycles. The molecule has 0 saturated carbocycles. The lowest BCUT2D eigenvalue weighted by Gasteiger charge is -2.32. The fourth-order valence-corrected chi connectivity index (χ4v) is 6.07. The summed E-state index contributed by atoms with van der Waals surface area (Å²) in [4.78, 5) is 28.6. The zero-order valence-electron chi connectivity index (χ0n) is 24.9. The summed E-state index contributed by atoms with van der Waals surface area (Å²) < 4.78 is 34.9. The van der Waals surface area contributed by atoms with E-state index in [2.05, 4.69) is 5.32 Å². The number of hydrogen-bond donors (Lipinski definition) is 1. The largest absolute Gasteiger partial charge is 0.457 e. The Bertz CT molecular complexity index is 1650. The average Bonchev–Trinajstić information content (AvgIpc) is 3.02. The molecule has 4 rings (SSSR count). The number of amides is 2. The van der Waals surface area contributed by atoms with E-state index in [0.717, 1.165) is 4.31 Å². The van der Waals surface area contributed by atoms with E-state index >= 15 is 0 Å². The van der Waals surface area contributed by atoms with Crippen molar-refractivity contribution in [1.29, 1.82) is 0 Å². The summed E-state index contributed by atoms with van der Waals surface area (Å²) in [5.41, 5.74) is 0.969. The molecular weight excluding hydrogens is 598 g/mol. The molecule has 1 N–H and O–H groups in total. The van der Waals surface area contributed by atoms with E-state index in [1.54, 1.807) is 73.7 Å². The van der Waals surface area contributed by atoms with Gasteiger partial charge in [0, 0.05) is 18.1 Å². The van der Waals surface area contributed by atoms with Crippen LogP contribution in [0.15, 0.2) is 114 Å². The first-order valence-corrected chi connectivity index (χ1v) is 16.1. The molecule has 4 aromatic rings. The molecule has 0 spiro atoms. The van der Waals surface area contributed by atoms with Crippen molar-refractivity contribution < 1.29 is 22.7 Å². The van der Waals surface area contributed by atoms with Gasteiger partial charge in [0.25, 0.3) is 10.0 Å². The maximum atomic E-state index is 14.1. The van der Waals surface area contributed by atoms with Crippen molar-refractivity contribution in [2.24, 2.45) is 5.92 Å². The normalized spacial score (nSPS) is 11.9. The third-order valence-corrected chi connectivity index (χ3v) is 8.83. The quantitative estimate of drug-likeness (QED) is 0.181. The lowest BCUT2D eigenvalue weighted by Crippen LogP contribution is -2.51. The highest BCUT2D eigenvalue weighted by atomic mass is 35.5.